The highest BCUT2D eigenvalue weighted by Crippen LogP contribution is 2.22. The third kappa shape index (κ3) is 3.20. The SMILES string of the molecule is CNCC1CCN(C(=O)c2cc(-c3ccccc3)on2)CC1. The molecule has 5 heteroatoms. The van der Waals surface area contributed by atoms with Crippen molar-refractivity contribution in [3.63, 3.8) is 0 Å². The molecule has 0 spiro atoms. The van der Waals surface area contributed by atoms with E-state index < -0.39 is 0 Å². The van der Waals surface area contributed by atoms with Gasteiger partial charge in [-0.15, -0.1) is 0 Å². The van der Waals surface area contributed by atoms with Gasteiger partial charge in [-0.25, -0.2) is 0 Å². The van der Waals surface area contributed by atoms with E-state index in [1.807, 2.05) is 42.3 Å². The second-order valence-electron chi connectivity index (χ2n) is 5.74. The molecule has 1 aliphatic heterocycles. The molecule has 2 heterocycles. The minimum atomic E-state index is -0.0335. The highest BCUT2D eigenvalue weighted by Gasteiger charge is 2.25. The van der Waals surface area contributed by atoms with Crippen molar-refractivity contribution in [1.29, 1.82) is 0 Å². The van der Waals surface area contributed by atoms with E-state index in [1.165, 1.54) is 0 Å². The molecule has 2 aromatic rings. The van der Waals surface area contributed by atoms with Gasteiger partial charge in [-0.3, -0.25) is 4.79 Å². The number of hydrogen-bond donors (Lipinski definition) is 1. The molecule has 0 radical (unpaired) electrons. The summed E-state index contributed by atoms with van der Waals surface area (Å²) in [5.41, 5.74) is 1.33. The number of likely N-dealkylation sites (tertiary alicyclic amines) is 1. The standard InChI is InChI=1S/C17H21N3O2/c1-18-12-13-7-9-20(10-8-13)17(21)15-11-16(22-19-15)14-5-3-2-4-6-14/h2-6,11,13,18H,7-10,12H2,1H3. The van der Waals surface area contributed by atoms with Crippen molar-refractivity contribution in [1.82, 2.24) is 15.4 Å². The Morgan fingerprint density at radius 1 is 1.32 bits per heavy atom. The van der Waals surface area contributed by atoms with E-state index >= 15 is 0 Å². The summed E-state index contributed by atoms with van der Waals surface area (Å²) < 4.78 is 5.31. The van der Waals surface area contributed by atoms with Crippen LogP contribution in [0.25, 0.3) is 11.3 Å². The zero-order valence-electron chi connectivity index (χ0n) is 12.8. The van der Waals surface area contributed by atoms with Crippen LogP contribution in [0.1, 0.15) is 23.3 Å². The van der Waals surface area contributed by atoms with Gasteiger partial charge in [-0.2, -0.15) is 0 Å². The number of benzene rings is 1. The van der Waals surface area contributed by atoms with E-state index in [0.717, 1.165) is 38.0 Å². The van der Waals surface area contributed by atoms with Crippen molar-refractivity contribution in [3.05, 3.63) is 42.1 Å². The highest BCUT2D eigenvalue weighted by molar-refractivity contribution is 5.93. The molecule has 1 fully saturated rings. The van der Waals surface area contributed by atoms with Gasteiger partial charge >= 0.3 is 0 Å². The Morgan fingerprint density at radius 2 is 2.05 bits per heavy atom. The molecule has 1 N–H and O–H groups in total. The Balaban J connectivity index is 1.65. The number of hydrogen-bond acceptors (Lipinski definition) is 4. The first kappa shape index (κ1) is 14.8. The molecule has 1 aromatic heterocycles. The van der Waals surface area contributed by atoms with Gasteiger partial charge in [0.05, 0.1) is 0 Å². The fourth-order valence-electron chi connectivity index (χ4n) is 2.91. The maximum atomic E-state index is 12.5. The van der Waals surface area contributed by atoms with E-state index in [4.69, 9.17) is 4.52 Å². The van der Waals surface area contributed by atoms with Gasteiger partial charge < -0.3 is 14.7 Å². The molecule has 1 saturated heterocycles. The molecule has 0 bridgehead atoms. The van der Waals surface area contributed by atoms with Gasteiger partial charge in [-0.05, 0) is 32.4 Å². The molecule has 0 aliphatic carbocycles. The van der Waals surface area contributed by atoms with Crippen LogP contribution in [0.4, 0.5) is 0 Å². The van der Waals surface area contributed by atoms with E-state index in [-0.39, 0.29) is 5.91 Å². The van der Waals surface area contributed by atoms with Crippen LogP contribution in [0.5, 0.6) is 0 Å². The largest absolute Gasteiger partial charge is 0.355 e. The molecule has 116 valence electrons. The number of nitrogens with one attached hydrogen (secondary N) is 1. The van der Waals surface area contributed by atoms with Gasteiger partial charge in [0.2, 0.25) is 0 Å². The van der Waals surface area contributed by atoms with Gasteiger partial charge in [0.15, 0.2) is 11.5 Å². The Kier molecular flexibility index (Phi) is 4.53. The summed E-state index contributed by atoms with van der Waals surface area (Å²) in [6.07, 6.45) is 2.08. The minimum Gasteiger partial charge on any atom is -0.355 e. The molecule has 22 heavy (non-hydrogen) atoms. The van der Waals surface area contributed by atoms with Crippen LogP contribution in [0.2, 0.25) is 0 Å². The fraction of sp³-hybridized carbons (Fsp3) is 0.412. The molecule has 3 rings (SSSR count). The summed E-state index contributed by atoms with van der Waals surface area (Å²) in [6, 6.07) is 11.4. The summed E-state index contributed by atoms with van der Waals surface area (Å²) >= 11 is 0. The van der Waals surface area contributed by atoms with Gasteiger partial charge in [-0.1, -0.05) is 35.5 Å². The van der Waals surface area contributed by atoms with Crippen LogP contribution in [-0.2, 0) is 0 Å². The lowest BCUT2D eigenvalue weighted by molar-refractivity contribution is 0.0680. The molecule has 0 unspecified atom stereocenters. The van der Waals surface area contributed by atoms with Crippen molar-refractivity contribution < 1.29 is 9.32 Å². The van der Waals surface area contributed by atoms with Crippen molar-refractivity contribution in [3.8, 4) is 11.3 Å². The van der Waals surface area contributed by atoms with Crippen LogP contribution >= 0.6 is 0 Å². The molecular formula is C17H21N3O2. The van der Waals surface area contributed by atoms with E-state index in [2.05, 4.69) is 10.5 Å². The van der Waals surface area contributed by atoms with Crippen LogP contribution in [0.3, 0.4) is 0 Å². The molecule has 0 atom stereocenters. The first-order valence-electron chi connectivity index (χ1n) is 7.74. The third-order valence-corrected chi connectivity index (χ3v) is 4.18. The number of carbonyl (C=O) groups excluding carboxylic acids is 1. The van der Waals surface area contributed by atoms with Gasteiger partial charge in [0, 0.05) is 24.7 Å². The van der Waals surface area contributed by atoms with Crippen LogP contribution < -0.4 is 5.32 Å². The second kappa shape index (κ2) is 6.75. The molecule has 1 amide bonds. The third-order valence-electron chi connectivity index (χ3n) is 4.18. The lowest BCUT2D eigenvalue weighted by atomic mass is 9.96. The summed E-state index contributed by atoms with van der Waals surface area (Å²) in [5.74, 6) is 1.26. The topological polar surface area (TPSA) is 58.4 Å². The smallest absolute Gasteiger partial charge is 0.276 e. The van der Waals surface area contributed by atoms with Crippen molar-refractivity contribution in [2.24, 2.45) is 5.92 Å². The first-order valence-corrected chi connectivity index (χ1v) is 7.74. The lowest BCUT2D eigenvalue weighted by Crippen LogP contribution is -2.40. The predicted molar refractivity (Wildman–Crippen MR) is 84.5 cm³/mol. The molecule has 0 saturated carbocycles. The molecule has 1 aliphatic rings. The highest BCUT2D eigenvalue weighted by atomic mass is 16.5. The quantitative estimate of drug-likeness (QED) is 0.942. The number of rotatable bonds is 4. The Hall–Kier alpha value is -2.14. The first-order chi connectivity index (χ1) is 10.8. The Labute approximate surface area is 130 Å². The Morgan fingerprint density at radius 3 is 2.73 bits per heavy atom. The maximum Gasteiger partial charge on any atom is 0.276 e. The van der Waals surface area contributed by atoms with Crippen LogP contribution in [0.15, 0.2) is 40.9 Å². The number of piperidine rings is 1. The zero-order valence-corrected chi connectivity index (χ0v) is 12.8. The zero-order chi connectivity index (χ0) is 15.4. The molecule has 5 nitrogen and oxygen atoms in total. The fourth-order valence-corrected chi connectivity index (χ4v) is 2.91. The average Bonchev–Trinajstić information content (AvgIpc) is 3.06. The van der Waals surface area contributed by atoms with Crippen LogP contribution in [-0.4, -0.2) is 42.6 Å². The van der Waals surface area contributed by atoms with Gasteiger partial charge in [0.1, 0.15) is 0 Å². The minimum absolute atomic E-state index is 0.0335. The maximum absolute atomic E-state index is 12.5. The van der Waals surface area contributed by atoms with Crippen molar-refractivity contribution >= 4 is 5.91 Å². The van der Waals surface area contributed by atoms with E-state index in [0.29, 0.717) is 17.4 Å². The number of amides is 1. The summed E-state index contributed by atoms with van der Waals surface area (Å²) in [4.78, 5) is 14.4. The second-order valence-corrected chi connectivity index (χ2v) is 5.74. The van der Waals surface area contributed by atoms with Crippen molar-refractivity contribution in [2.45, 2.75) is 12.8 Å². The predicted octanol–water partition coefficient (Wildman–Crippen LogP) is 2.41. The van der Waals surface area contributed by atoms with Crippen molar-refractivity contribution in [2.75, 3.05) is 26.7 Å². The number of nitrogens with zero attached hydrogens (tertiary/aromatic N) is 2. The molecular weight excluding hydrogens is 278 g/mol. The lowest BCUT2D eigenvalue weighted by Gasteiger charge is -2.31. The summed E-state index contributed by atoms with van der Waals surface area (Å²) in [6.45, 7) is 2.60. The van der Waals surface area contributed by atoms with Gasteiger partial charge in [0.25, 0.3) is 5.91 Å². The van der Waals surface area contributed by atoms with Crippen LogP contribution in [0, 0.1) is 5.92 Å². The number of aromatic nitrogens is 1. The average molecular weight is 299 g/mol. The summed E-state index contributed by atoms with van der Waals surface area (Å²) in [5, 5.41) is 7.15. The monoisotopic (exact) mass is 299 g/mol. The Bertz CT molecular complexity index is 616. The van der Waals surface area contributed by atoms with E-state index in [1.54, 1.807) is 6.07 Å². The van der Waals surface area contributed by atoms with E-state index in [9.17, 15) is 4.79 Å². The number of carbonyl (C=O) groups is 1. The summed E-state index contributed by atoms with van der Waals surface area (Å²) in [7, 11) is 1.97. The normalized spacial score (nSPS) is 16.0. The molecule has 1 aromatic carbocycles.